The topological polar surface area (TPSA) is 49.8 Å². The number of hydrogen-bond acceptors (Lipinski definition) is 5. The van der Waals surface area contributed by atoms with E-state index in [4.69, 9.17) is 16.6 Å². The van der Waals surface area contributed by atoms with Crippen LogP contribution >= 0.6 is 22.9 Å². The summed E-state index contributed by atoms with van der Waals surface area (Å²) in [5.41, 5.74) is 2.89. The van der Waals surface area contributed by atoms with Gasteiger partial charge in [0.15, 0.2) is 0 Å². The van der Waals surface area contributed by atoms with Gasteiger partial charge in [-0.25, -0.2) is 4.98 Å². The molecule has 0 radical (unpaired) electrons. The van der Waals surface area contributed by atoms with Crippen molar-refractivity contribution in [3.63, 3.8) is 0 Å². The summed E-state index contributed by atoms with van der Waals surface area (Å²) in [6.07, 6.45) is 0.967. The molecule has 6 heteroatoms. The molecule has 2 aromatic carbocycles. The Balaban J connectivity index is 1.61. The van der Waals surface area contributed by atoms with Crippen LogP contribution in [-0.4, -0.2) is 16.5 Å². The number of nitrogens with zero attached hydrogens (tertiary/aromatic N) is 2. The molecule has 0 aliphatic heterocycles. The molecule has 0 unspecified atom stereocenters. The molecule has 0 aliphatic carbocycles. The minimum Gasteiger partial charge on any atom is -0.369 e. The van der Waals surface area contributed by atoms with Gasteiger partial charge in [0.05, 0.1) is 5.52 Å². The van der Waals surface area contributed by atoms with Crippen molar-refractivity contribution in [2.75, 3.05) is 17.2 Å². The van der Waals surface area contributed by atoms with Crippen LogP contribution in [0.3, 0.4) is 0 Å². The Labute approximate surface area is 167 Å². The predicted molar refractivity (Wildman–Crippen MR) is 116 cm³/mol. The first kappa shape index (κ1) is 17.8. The number of thiophene rings is 1. The van der Waals surface area contributed by atoms with Gasteiger partial charge in [0.2, 0.25) is 5.95 Å². The summed E-state index contributed by atoms with van der Waals surface area (Å²) in [6, 6.07) is 18.0. The van der Waals surface area contributed by atoms with Crippen molar-refractivity contribution in [2.45, 2.75) is 13.3 Å². The Morgan fingerprint density at radius 1 is 1.04 bits per heavy atom. The summed E-state index contributed by atoms with van der Waals surface area (Å²) in [6.45, 7) is 2.83. The molecule has 4 nitrogen and oxygen atoms in total. The van der Waals surface area contributed by atoms with Gasteiger partial charge in [0.25, 0.3) is 0 Å². The Kier molecular flexibility index (Phi) is 5.23. The zero-order valence-electron chi connectivity index (χ0n) is 14.9. The van der Waals surface area contributed by atoms with E-state index in [0.717, 1.165) is 40.9 Å². The Hall–Kier alpha value is -2.63. The molecule has 0 atom stereocenters. The third-order valence-corrected chi connectivity index (χ3v) is 5.45. The second-order valence-electron chi connectivity index (χ2n) is 6.25. The van der Waals surface area contributed by atoms with Crippen LogP contribution in [0.25, 0.3) is 10.9 Å². The summed E-state index contributed by atoms with van der Waals surface area (Å²) in [5.74, 6) is 1.41. The standard InChI is InChI=1S/C21H19ClN4S/c1-14-13-15(22)8-9-18(14)24-21-25-19-7-3-2-6-17(19)20(26-21)23-11-10-16-5-4-12-27-16/h2-9,12-13H,10-11H2,1H3,(H2,23,24,25,26). The number of anilines is 3. The van der Waals surface area contributed by atoms with Crippen LogP contribution in [0.5, 0.6) is 0 Å². The Bertz CT molecular complexity index is 1060. The fraction of sp³-hybridized carbons (Fsp3) is 0.143. The third kappa shape index (κ3) is 4.21. The van der Waals surface area contributed by atoms with Gasteiger partial charge in [-0.3, -0.25) is 0 Å². The van der Waals surface area contributed by atoms with Gasteiger partial charge in [0.1, 0.15) is 5.82 Å². The van der Waals surface area contributed by atoms with Gasteiger partial charge in [-0.15, -0.1) is 11.3 Å². The molecule has 4 aromatic rings. The van der Waals surface area contributed by atoms with Crippen molar-refractivity contribution >= 4 is 51.3 Å². The zero-order chi connectivity index (χ0) is 18.6. The molecule has 4 rings (SSSR count). The second kappa shape index (κ2) is 7.94. The number of para-hydroxylation sites is 1. The minimum atomic E-state index is 0.567. The first-order valence-corrected chi connectivity index (χ1v) is 10.0. The Morgan fingerprint density at radius 3 is 2.74 bits per heavy atom. The van der Waals surface area contributed by atoms with E-state index < -0.39 is 0 Å². The number of hydrogen-bond donors (Lipinski definition) is 2. The van der Waals surface area contributed by atoms with Crippen molar-refractivity contribution in [1.82, 2.24) is 9.97 Å². The molecule has 0 amide bonds. The first-order chi connectivity index (χ1) is 13.2. The van der Waals surface area contributed by atoms with Crippen LogP contribution in [0.1, 0.15) is 10.4 Å². The van der Waals surface area contributed by atoms with E-state index in [-0.39, 0.29) is 0 Å². The van der Waals surface area contributed by atoms with Crippen LogP contribution in [0, 0.1) is 6.92 Å². The van der Waals surface area contributed by atoms with E-state index in [2.05, 4.69) is 33.1 Å². The van der Waals surface area contributed by atoms with Gasteiger partial charge in [-0.2, -0.15) is 4.98 Å². The quantitative estimate of drug-likeness (QED) is 0.418. The van der Waals surface area contributed by atoms with E-state index in [0.29, 0.717) is 11.0 Å². The maximum absolute atomic E-state index is 6.05. The molecule has 0 fully saturated rings. The molecule has 2 N–H and O–H groups in total. The Morgan fingerprint density at radius 2 is 1.93 bits per heavy atom. The van der Waals surface area contributed by atoms with Crippen molar-refractivity contribution in [2.24, 2.45) is 0 Å². The van der Waals surface area contributed by atoms with E-state index in [1.54, 1.807) is 11.3 Å². The molecule has 0 saturated carbocycles. The number of fused-ring (bicyclic) bond motifs is 1. The van der Waals surface area contributed by atoms with Crippen molar-refractivity contribution in [3.05, 3.63) is 75.4 Å². The number of rotatable bonds is 6. The predicted octanol–water partition coefficient (Wildman–Crippen LogP) is 6.05. The van der Waals surface area contributed by atoms with Gasteiger partial charge < -0.3 is 10.6 Å². The van der Waals surface area contributed by atoms with Crippen LogP contribution in [0.15, 0.2) is 60.0 Å². The summed E-state index contributed by atoms with van der Waals surface area (Å²) >= 11 is 7.83. The highest BCUT2D eigenvalue weighted by atomic mass is 35.5. The van der Waals surface area contributed by atoms with Crippen molar-refractivity contribution < 1.29 is 0 Å². The molecule has 136 valence electrons. The molecule has 0 spiro atoms. The monoisotopic (exact) mass is 394 g/mol. The molecular weight excluding hydrogens is 376 g/mol. The molecular formula is C21H19ClN4S. The molecule has 0 aliphatic rings. The number of aromatic nitrogens is 2. The maximum Gasteiger partial charge on any atom is 0.229 e. The molecule has 2 aromatic heterocycles. The van der Waals surface area contributed by atoms with E-state index in [9.17, 15) is 0 Å². The molecule has 2 heterocycles. The summed E-state index contributed by atoms with van der Waals surface area (Å²) in [4.78, 5) is 10.7. The number of nitrogens with one attached hydrogen (secondary N) is 2. The van der Waals surface area contributed by atoms with Gasteiger partial charge in [0, 0.05) is 27.5 Å². The van der Waals surface area contributed by atoms with Crippen LogP contribution in [0.4, 0.5) is 17.5 Å². The lowest BCUT2D eigenvalue weighted by Gasteiger charge is -2.13. The summed E-state index contributed by atoms with van der Waals surface area (Å²) in [5, 5.41) is 10.6. The van der Waals surface area contributed by atoms with Crippen LogP contribution in [-0.2, 0) is 6.42 Å². The minimum absolute atomic E-state index is 0.567. The number of benzene rings is 2. The van der Waals surface area contributed by atoms with Gasteiger partial charge in [-0.05, 0) is 60.7 Å². The fourth-order valence-electron chi connectivity index (χ4n) is 2.91. The average molecular weight is 395 g/mol. The van der Waals surface area contributed by atoms with Crippen LogP contribution < -0.4 is 10.6 Å². The maximum atomic E-state index is 6.05. The first-order valence-electron chi connectivity index (χ1n) is 8.75. The zero-order valence-corrected chi connectivity index (χ0v) is 16.4. The number of halogens is 1. The van der Waals surface area contributed by atoms with E-state index in [1.807, 2.05) is 49.4 Å². The highest BCUT2D eigenvalue weighted by Crippen LogP contribution is 2.26. The largest absolute Gasteiger partial charge is 0.369 e. The highest BCUT2D eigenvalue weighted by Gasteiger charge is 2.09. The number of aryl methyl sites for hydroxylation is 1. The third-order valence-electron chi connectivity index (χ3n) is 4.28. The lowest BCUT2D eigenvalue weighted by atomic mass is 10.2. The fourth-order valence-corrected chi connectivity index (χ4v) is 3.85. The van der Waals surface area contributed by atoms with Gasteiger partial charge >= 0.3 is 0 Å². The SMILES string of the molecule is Cc1cc(Cl)ccc1Nc1nc(NCCc2cccs2)c2ccccc2n1. The van der Waals surface area contributed by atoms with E-state index in [1.165, 1.54) is 4.88 Å². The van der Waals surface area contributed by atoms with E-state index >= 15 is 0 Å². The average Bonchev–Trinajstić information content (AvgIpc) is 3.17. The highest BCUT2D eigenvalue weighted by molar-refractivity contribution is 7.09. The molecule has 0 saturated heterocycles. The van der Waals surface area contributed by atoms with Gasteiger partial charge in [-0.1, -0.05) is 29.8 Å². The molecule has 0 bridgehead atoms. The van der Waals surface area contributed by atoms with Crippen molar-refractivity contribution in [3.8, 4) is 0 Å². The normalized spacial score (nSPS) is 10.9. The summed E-state index contributed by atoms with van der Waals surface area (Å²) < 4.78 is 0. The lowest BCUT2D eigenvalue weighted by molar-refractivity contribution is 1.03. The second-order valence-corrected chi connectivity index (χ2v) is 7.72. The summed E-state index contributed by atoms with van der Waals surface area (Å²) in [7, 11) is 0. The lowest BCUT2D eigenvalue weighted by Crippen LogP contribution is -2.08. The molecule has 27 heavy (non-hydrogen) atoms. The smallest absolute Gasteiger partial charge is 0.229 e. The van der Waals surface area contributed by atoms with Crippen molar-refractivity contribution in [1.29, 1.82) is 0 Å². The van der Waals surface area contributed by atoms with Crippen LogP contribution in [0.2, 0.25) is 5.02 Å².